The molecule has 13 aromatic rings. The third-order valence-electron chi connectivity index (χ3n) is 13.0. The first-order valence-electron chi connectivity index (χ1n) is 26.6. The summed E-state index contributed by atoms with van der Waals surface area (Å²) in [6.45, 7) is 6.00. The number of carboxylic acids is 1. The number of ketones is 1. The van der Waals surface area contributed by atoms with Gasteiger partial charge in [-0.2, -0.15) is 0 Å². The lowest BCUT2D eigenvalue weighted by molar-refractivity contribution is -0.109. The maximum atomic E-state index is 12.1. The van der Waals surface area contributed by atoms with Gasteiger partial charge in [-0.1, -0.05) is 0 Å². The maximum Gasteiger partial charge on any atom is 0.352 e. The fourth-order valence-electron chi connectivity index (χ4n) is 9.10. The Morgan fingerprint density at radius 1 is 0.575 bits per heavy atom. The van der Waals surface area contributed by atoms with Crippen LogP contribution in [0.1, 0.15) is 37.7 Å². The molecule has 0 spiro atoms. The third kappa shape index (κ3) is 14.1. The van der Waals surface area contributed by atoms with Gasteiger partial charge in [0.1, 0.15) is 34.8 Å². The van der Waals surface area contributed by atoms with Crippen LogP contribution in [0.4, 0.5) is 34.9 Å². The van der Waals surface area contributed by atoms with Crippen LogP contribution in [0.3, 0.4) is 0 Å². The highest BCUT2D eigenvalue weighted by atomic mass is 16.4. The number of Topliss-reactive ketones (excluding diaryl/α,β-unsaturated/α-hetero) is 1. The van der Waals surface area contributed by atoms with E-state index in [9.17, 15) is 14.4 Å². The Labute approximate surface area is 493 Å². The molecule has 0 unspecified atom stereocenters. The molecule has 0 aliphatic carbocycles. The highest BCUT2D eigenvalue weighted by Crippen LogP contribution is 2.31. The summed E-state index contributed by atoms with van der Waals surface area (Å²) in [5.41, 5.74) is 18.7. The molecule has 87 heavy (non-hydrogen) atoms. The van der Waals surface area contributed by atoms with Crippen molar-refractivity contribution in [3.63, 3.8) is 0 Å². The number of aromatic carboxylic acids is 1. The van der Waals surface area contributed by atoms with E-state index in [0.717, 1.165) is 106 Å². The van der Waals surface area contributed by atoms with Crippen LogP contribution in [-0.4, -0.2) is 126 Å². The number of nitrogens with two attached hydrogens (primary N) is 1. The summed E-state index contributed by atoms with van der Waals surface area (Å²) in [4.78, 5) is 91.5. The lowest BCUT2D eigenvalue weighted by Gasteiger charge is -2.07. The average molecular weight is 1170 g/mol. The van der Waals surface area contributed by atoms with Crippen molar-refractivity contribution in [2.75, 3.05) is 29.0 Å². The van der Waals surface area contributed by atoms with Crippen LogP contribution in [0.15, 0.2) is 140 Å². The normalized spacial score (nSPS) is 10.8. The number of benzene rings is 3. The number of fused-ring (bicyclic) bond motifs is 3. The monoisotopic (exact) mass is 1170 g/mol. The minimum absolute atomic E-state index is 0.0470. The molecule has 3 aromatic carbocycles. The summed E-state index contributed by atoms with van der Waals surface area (Å²) >= 11 is 0. The number of aromatic nitrogens is 17. The number of nitrogens with zero attached hydrogens (tertiary/aromatic N) is 14. The molecule has 0 radical (unpaired) electrons. The standard InChI is InChI=1S/C20H19N7O2.C19H16N8O.C18H16N6O2.C2H5NO/c1-12-5-14(6-13-7-16(25-19(12)13)18(29)8-21-11-28)24-20-22-4-3-15(26-20)17-9-27(2)10-23-17;1-11-5-13(6-12-7-15(24-17(11)12)18-26-22-10-28-18)23-19-20-4-3-14(25-19)16-8-27(2)9-21-16;1-10-5-12(6-11-7-14(17(25)26)22-16(10)11)21-18-19-4-3-13(23-18)15-8-24(2)9-20-15;3-1-2-4/h3-7,9-11,25H,8H2,1-2H3,(H,21,28)(H,22,24,26);3-10,24H,1-2H3,(H,20,23,25);3-9,22H,1-2H3,(H,25,26)(H,19,21,23);2H,1,3H2. The van der Waals surface area contributed by atoms with Gasteiger partial charge in [-0.05, 0) is 110 Å². The molecule has 10 aromatic heterocycles. The summed E-state index contributed by atoms with van der Waals surface area (Å²) in [5.74, 6) is 0.691. The van der Waals surface area contributed by atoms with Crippen molar-refractivity contribution in [2.24, 2.45) is 26.9 Å². The number of carboxylic acid groups (broad SMARTS) is 1. The molecule has 1 amide bonds. The smallest absolute Gasteiger partial charge is 0.352 e. The molecule has 438 valence electrons. The number of imidazole rings is 3. The quantitative estimate of drug-likeness (QED) is 0.0326. The molecule has 0 saturated heterocycles. The van der Waals surface area contributed by atoms with Crippen molar-refractivity contribution in [2.45, 2.75) is 20.8 Å². The Bertz CT molecular complexity index is 4590. The van der Waals surface area contributed by atoms with Crippen molar-refractivity contribution in [3.8, 4) is 45.7 Å². The number of anilines is 6. The second kappa shape index (κ2) is 26.0. The van der Waals surface area contributed by atoms with Crippen LogP contribution < -0.4 is 27.0 Å². The number of rotatable bonds is 16. The lowest BCUT2D eigenvalue weighted by atomic mass is 10.1. The summed E-state index contributed by atoms with van der Waals surface area (Å²) in [7, 11) is 5.73. The summed E-state index contributed by atoms with van der Waals surface area (Å²) < 4.78 is 10.9. The molecule has 0 saturated carbocycles. The molecule has 0 aliphatic rings. The molecule has 28 nitrogen and oxygen atoms in total. The van der Waals surface area contributed by atoms with Crippen molar-refractivity contribution in [3.05, 3.63) is 163 Å². The van der Waals surface area contributed by atoms with E-state index in [2.05, 4.69) is 97.0 Å². The Hall–Kier alpha value is -12.1. The van der Waals surface area contributed by atoms with Gasteiger partial charge in [-0.25, -0.2) is 49.7 Å². The molecular formula is C59H56N22O6. The molecule has 0 bridgehead atoms. The van der Waals surface area contributed by atoms with Gasteiger partial charge >= 0.3 is 5.97 Å². The first-order valence-corrected chi connectivity index (χ1v) is 26.6. The van der Waals surface area contributed by atoms with Gasteiger partial charge in [0.15, 0.2) is 5.78 Å². The number of aryl methyl sites for hydroxylation is 6. The van der Waals surface area contributed by atoms with Crippen molar-refractivity contribution < 1.29 is 28.7 Å². The Morgan fingerprint density at radius 2 is 0.989 bits per heavy atom. The number of nitrogens with one attached hydrogen (secondary N) is 7. The topological polar surface area (TPSA) is 380 Å². The van der Waals surface area contributed by atoms with E-state index in [1.807, 2.05) is 123 Å². The second-order valence-corrected chi connectivity index (χ2v) is 19.6. The molecular weight excluding hydrogens is 1110 g/mol. The zero-order chi connectivity index (χ0) is 61.1. The largest absolute Gasteiger partial charge is 0.477 e. The van der Waals surface area contributed by atoms with Gasteiger partial charge in [-0.3, -0.25) is 9.59 Å². The molecule has 10 heterocycles. The number of H-pyrrole nitrogens is 3. The Kier molecular flexibility index (Phi) is 17.4. The molecule has 0 fully saturated rings. The van der Waals surface area contributed by atoms with Crippen molar-refractivity contribution in [1.82, 2.24) is 89.0 Å². The molecule has 0 aliphatic heterocycles. The zero-order valence-corrected chi connectivity index (χ0v) is 47.6. The average Bonchev–Trinajstić information content (AvgIpc) is 4.59. The highest BCUT2D eigenvalue weighted by molar-refractivity contribution is 6.02. The van der Waals surface area contributed by atoms with E-state index in [4.69, 9.17) is 14.3 Å². The summed E-state index contributed by atoms with van der Waals surface area (Å²) in [6.07, 6.45) is 18.4. The number of carbonyl (C=O) groups is 4. The van der Waals surface area contributed by atoms with Gasteiger partial charge in [-0.15, -0.1) is 10.2 Å². The van der Waals surface area contributed by atoms with Crippen LogP contribution in [-0.2, 0) is 30.7 Å². The van der Waals surface area contributed by atoms with Crippen LogP contribution in [0.25, 0.3) is 78.5 Å². The third-order valence-corrected chi connectivity index (χ3v) is 13.0. The first kappa shape index (κ1) is 58.1. The zero-order valence-electron chi connectivity index (χ0n) is 47.6. The molecule has 13 rings (SSSR count). The predicted octanol–water partition coefficient (Wildman–Crippen LogP) is 8.05. The second-order valence-electron chi connectivity index (χ2n) is 19.6. The van der Waals surface area contributed by atoms with E-state index in [1.165, 1.54) is 6.39 Å². The number of aromatic amines is 3. The van der Waals surface area contributed by atoms with E-state index < -0.39 is 5.97 Å². The van der Waals surface area contributed by atoms with Gasteiger partial charge in [0.2, 0.25) is 30.6 Å². The van der Waals surface area contributed by atoms with Crippen LogP contribution in [0.5, 0.6) is 0 Å². The number of amides is 1. The Balaban J connectivity index is 0.000000140. The fourth-order valence-corrected chi connectivity index (χ4v) is 9.10. The van der Waals surface area contributed by atoms with E-state index in [-0.39, 0.29) is 24.6 Å². The summed E-state index contributed by atoms with van der Waals surface area (Å²) in [6, 6.07) is 22.5. The number of hydrogen-bond acceptors (Lipinski definition) is 20. The first-order chi connectivity index (χ1) is 42.1. The maximum absolute atomic E-state index is 12.1. The SMILES string of the molecule is Cc1cc(Nc2nccc(-c3cn(C)cn3)n2)cc2cc(-c3nnco3)[nH]c12.Cc1cc(Nc2nccc(-c3cn(C)cn3)n2)cc2cc(C(=O)CNC=O)[nH]c12.Cc1cc(Nc2nccc(-c3cn(C)cn3)n2)cc2cc(C(=O)O)[nH]c12.NCC=O. The predicted molar refractivity (Wildman–Crippen MR) is 325 cm³/mol. The minimum atomic E-state index is -0.985. The number of carbonyl (C=O) groups excluding carboxylic acids is 3. The minimum Gasteiger partial charge on any atom is -0.477 e. The summed E-state index contributed by atoms with van der Waals surface area (Å²) in [5, 5.41) is 31.6. The number of aldehydes is 1. The highest BCUT2D eigenvalue weighted by Gasteiger charge is 2.16. The Morgan fingerprint density at radius 3 is 1.37 bits per heavy atom. The van der Waals surface area contributed by atoms with Gasteiger partial charge < -0.3 is 70.0 Å². The van der Waals surface area contributed by atoms with Crippen molar-refractivity contribution in [1.29, 1.82) is 0 Å². The molecule has 10 N–H and O–H groups in total. The van der Waals surface area contributed by atoms with E-state index >= 15 is 0 Å². The van der Waals surface area contributed by atoms with Gasteiger partial charge in [0, 0.05) is 115 Å². The van der Waals surface area contributed by atoms with Crippen LogP contribution >= 0.6 is 0 Å². The fraction of sp³-hybridized carbons (Fsp3) is 0.136. The molecule has 28 heteroatoms. The van der Waals surface area contributed by atoms with E-state index in [1.54, 1.807) is 61.8 Å². The van der Waals surface area contributed by atoms with Gasteiger partial charge in [0.25, 0.3) is 5.89 Å². The van der Waals surface area contributed by atoms with Crippen LogP contribution in [0.2, 0.25) is 0 Å². The molecule has 0 atom stereocenters. The van der Waals surface area contributed by atoms with Crippen molar-refractivity contribution >= 4 is 92.1 Å². The number of hydrogen-bond donors (Lipinski definition) is 9. The van der Waals surface area contributed by atoms with Crippen LogP contribution in [0, 0.1) is 20.8 Å². The lowest BCUT2D eigenvalue weighted by Crippen LogP contribution is -2.21. The van der Waals surface area contributed by atoms with Gasteiger partial charge in [0.05, 0.1) is 48.3 Å². The van der Waals surface area contributed by atoms with E-state index in [0.29, 0.717) is 42.1 Å².